The average molecular weight is 278 g/mol. The number of hydrogen-bond donors (Lipinski definition) is 0. The Balaban J connectivity index is 2.13. The number of Topliss-reactive ketones (excluding diaryl/α,β-unsaturated/α-hetero) is 1. The van der Waals surface area contributed by atoms with Gasteiger partial charge in [0.05, 0.1) is 0 Å². The zero-order valence-corrected chi connectivity index (χ0v) is 10.9. The molecule has 0 aliphatic carbocycles. The quantitative estimate of drug-likeness (QED) is 0.832. The zero-order valence-electron chi connectivity index (χ0n) is 10.9. The third kappa shape index (κ3) is 3.26. The number of carbonyl (C=O) groups excluding carboxylic acids is 1. The summed E-state index contributed by atoms with van der Waals surface area (Å²) in [5, 5.41) is 0. The summed E-state index contributed by atoms with van der Waals surface area (Å²) >= 11 is 0. The Morgan fingerprint density at radius 3 is 2.45 bits per heavy atom. The minimum Gasteiger partial charge on any atom is -0.299 e. The third-order valence-corrected chi connectivity index (χ3v) is 3.12. The Hall–Kier alpha value is -2.10. The van der Waals surface area contributed by atoms with Gasteiger partial charge in [0.2, 0.25) is 0 Å². The number of ketones is 1. The summed E-state index contributed by atoms with van der Waals surface area (Å²) in [6.07, 6.45) is -0.209. The standard InChI is InChI=1S/C16H13F3O/c1-10-5-6-13(17)7-12(10)9-14(20)8-11-3-2-4-15(18)16(11)19/h2-7H,8-9H2,1H3. The van der Waals surface area contributed by atoms with Gasteiger partial charge in [0.1, 0.15) is 11.6 Å². The highest BCUT2D eigenvalue weighted by atomic mass is 19.2. The first kappa shape index (κ1) is 14.3. The van der Waals surface area contributed by atoms with Crippen molar-refractivity contribution >= 4 is 5.78 Å². The van der Waals surface area contributed by atoms with E-state index in [2.05, 4.69) is 0 Å². The van der Waals surface area contributed by atoms with Crippen LogP contribution in [0, 0.1) is 24.4 Å². The normalized spacial score (nSPS) is 10.6. The monoisotopic (exact) mass is 278 g/mol. The molecule has 0 spiro atoms. The second kappa shape index (κ2) is 5.90. The van der Waals surface area contributed by atoms with Crippen molar-refractivity contribution in [2.45, 2.75) is 19.8 Å². The SMILES string of the molecule is Cc1ccc(F)cc1CC(=O)Cc1cccc(F)c1F. The lowest BCUT2D eigenvalue weighted by atomic mass is 9.99. The van der Waals surface area contributed by atoms with Gasteiger partial charge in [-0.25, -0.2) is 13.2 Å². The maximum absolute atomic E-state index is 13.5. The lowest BCUT2D eigenvalue weighted by Gasteiger charge is -2.06. The molecule has 0 aromatic heterocycles. The summed E-state index contributed by atoms with van der Waals surface area (Å²) in [5.74, 6) is -2.69. The fourth-order valence-corrected chi connectivity index (χ4v) is 2.00. The highest BCUT2D eigenvalue weighted by Crippen LogP contribution is 2.15. The van der Waals surface area contributed by atoms with Gasteiger partial charge in [-0.2, -0.15) is 0 Å². The molecule has 0 saturated carbocycles. The van der Waals surface area contributed by atoms with Gasteiger partial charge in [-0.3, -0.25) is 4.79 Å². The van der Waals surface area contributed by atoms with Crippen LogP contribution in [0.25, 0.3) is 0 Å². The number of halogens is 3. The minimum atomic E-state index is -1.00. The van der Waals surface area contributed by atoms with Crippen molar-refractivity contribution in [1.29, 1.82) is 0 Å². The molecule has 0 aliphatic heterocycles. The molecule has 104 valence electrons. The van der Waals surface area contributed by atoms with Crippen molar-refractivity contribution in [3.63, 3.8) is 0 Å². The van der Waals surface area contributed by atoms with Crippen molar-refractivity contribution in [1.82, 2.24) is 0 Å². The molecule has 2 aromatic carbocycles. The van der Waals surface area contributed by atoms with E-state index in [1.807, 2.05) is 0 Å². The Kier molecular flexibility index (Phi) is 4.23. The second-order valence-electron chi connectivity index (χ2n) is 4.68. The Labute approximate surface area is 115 Å². The maximum Gasteiger partial charge on any atom is 0.162 e. The van der Waals surface area contributed by atoms with Crippen LogP contribution < -0.4 is 0 Å². The summed E-state index contributed by atoms with van der Waals surface area (Å²) < 4.78 is 39.6. The fraction of sp³-hybridized carbons (Fsp3) is 0.188. The van der Waals surface area contributed by atoms with Gasteiger partial charge in [0.25, 0.3) is 0 Å². The van der Waals surface area contributed by atoms with Crippen LogP contribution in [0.4, 0.5) is 13.2 Å². The predicted octanol–water partition coefficient (Wildman–Crippen LogP) is 3.77. The first-order valence-electron chi connectivity index (χ1n) is 6.17. The van der Waals surface area contributed by atoms with E-state index < -0.39 is 17.5 Å². The Morgan fingerprint density at radius 2 is 1.70 bits per heavy atom. The van der Waals surface area contributed by atoms with Crippen LogP contribution in [0.3, 0.4) is 0 Å². The highest BCUT2D eigenvalue weighted by molar-refractivity contribution is 5.83. The summed E-state index contributed by atoms with van der Waals surface area (Å²) in [6.45, 7) is 1.77. The number of benzene rings is 2. The molecule has 0 atom stereocenters. The molecule has 4 heteroatoms. The highest BCUT2D eigenvalue weighted by Gasteiger charge is 2.13. The van der Waals surface area contributed by atoms with Crippen molar-refractivity contribution < 1.29 is 18.0 Å². The molecule has 0 unspecified atom stereocenters. The van der Waals surface area contributed by atoms with Gasteiger partial charge >= 0.3 is 0 Å². The molecule has 20 heavy (non-hydrogen) atoms. The number of hydrogen-bond acceptors (Lipinski definition) is 1. The first-order valence-corrected chi connectivity index (χ1v) is 6.17. The van der Waals surface area contributed by atoms with Crippen LogP contribution >= 0.6 is 0 Å². The Morgan fingerprint density at radius 1 is 1.00 bits per heavy atom. The van der Waals surface area contributed by atoms with E-state index in [1.165, 1.54) is 24.3 Å². The molecule has 0 radical (unpaired) electrons. The lowest BCUT2D eigenvalue weighted by molar-refractivity contribution is -0.117. The lowest BCUT2D eigenvalue weighted by Crippen LogP contribution is -2.09. The van der Waals surface area contributed by atoms with Crippen LogP contribution in [0.5, 0.6) is 0 Å². The minimum absolute atomic E-state index is 0.000450. The van der Waals surface area contributed by atoms with E-state index in [1.54, 1.807) is 13.0 Å². The van der Waals surface area contributed by atoms with Crippen molar-refractivity contribution in [2.24, 2.45) is 0 Å². The summed E-state index contributed by atoms with van der Waals surface area (Å²) in [7, 11) is 0. The van der Waals surface area contributed by atoms with E-state index in [0.29, 0.717) is 5.56 Å². The molecule has 0 fully saturated rings. The van der Waals surface area contributed by atoms with Gasteiger partial charge < -0.3 is 0 Å². The fourth-order valence-electron chi connectivity index (χ4n) is 2.00. The van der Waals surface area contributed by atoms with Gasteiger partial charge in [0.15, 0.2) is 11.6 Å². The van der Waals surface area contributed by atoms with E-state index in [9.17, 15) is 18.0 Å². The Bertz CT molecular complexity index is 644. The molecule has 1 nitrogen and oxygen atoms in total. The second-order valence-corrected chi connectivity index (χ2v) is 4.68. The van der Waals surface area contributed by atoms with Crippen LogP contribution in [-0.2, 0) is 17.6 Å². The van der Waals surface area contributed by atoms with Crippen molar-refractivity contribution in [2.75, 3.05) is 0 Å². The number of aryl methyl sites for hydroxylation is 1. The zero-order chi connectivity index (χ0) is 14.7. The van der Waals surface area contributed by atoms with E-state index >= 15 is 0 Å². The summed E-state index contributed by atoms with van der Waals surface area (Å²) in [5.41, 5.74) is 1.37. The molecule has 2 aromatic rings. The van der Waals surface area contributed by atoms with Crippen LogP contribution in [0.1, 0.15) is 16.7 Å². The first-order chi connectivity index (χ1) is 9.47. The molecular formula is C16H13F3O. The number of carbonyl (C=O) groups is 1. The smallest absolute Gasteiger partial charge is 0.162 e. The molecular weight excluding hydrogens is 265 g/mol. The third-order valence-electron chi connectivity index (χ3n) is 3.12. The molecule has 0 bridgehead atoms. The largest absolute Gasteiger partial charge is 0.299 e. The van der Waals surface area contributed by atoms with Crippen LogP contribution in [0.15, 0.2) is 36.4 Å². The van der Waals surface area contributed by atoms with Gasteiger partial charge in [-0.05, 0) is 41.8 Å². The van der Waals surface area contributed by atoms with E-state index in [-0.39, 0.29) is 24.2 Å². The predicted molar refractivity (Wildman–Crippen MR) is 69.9 cm³/mol. The van der Waals surface area contributed by atoms with Gasteiger partial charge in [0, 0.05) is 12.8 Å². The summed E-state index contributed by atoms with van der Waals surface area (Å²) in [4.78, 5) is 11.9. The van der Waals surface area contributed by atoms with Gasteiger partial charge in [-0.15, -0.1) is 0 Å². The van der Waals surface area contributed by atoms with Crippen molar-refractivity contribution in [3.05, 3.63) is 70.5 Å². The van der Waals surface area contributed by atoms with Gasteiger partial charge in [-0.1, -0.05) is 18.2 Å². The molecule has 0 saturated heterocycles. The summed E-state index contributed by atoms with van der Waals surface area (Å²) in [6, 6.07) is 7.91. The van der Waals surface area contributed by atoms with E-state index in [0.717, 1.165) is 11.6 Å². The molecule has 2 rings (SSSR count). The molecule has 0 heterocycles. The van der Waals surface area contributed by atoms with Crippen LogP contribution in [0.2, 0.25) is 0 Å². The van der Waals surface area contributed by atoms with Crippen LogP contribution in [-0.4, -0.2) is 5.78 Å². The average Bonchev–Trinajstić information content (AvgIpc) is 2.39. The number of rotatable bonds is 4. The van der Waals surface area contributed by atoms with E-state index in [4.69, 9.17) is 0 Å². The molecule has 0 aliphatic rings. The van der Waals surface area contributed by atoms with Crippen molar-refractivity contribution in [3.8, 4) is 0 Å². The maximum atomic E-state index is 13.5. The molecule has 0 amide bonds. The molecule has 0 N–H and O–H groups in total. The topological polar surface area (TPSA) is 17.1 Å².